The number of hydrogen-bond acceptors (Lipinski definition) is 3. The SMILES string of the molecule is Cc1ccc(O)c(C(C)NC2CCOC2C2CC2)c1. The highest BCUT2D eigenvalue weighted by Gasteiger charge is 2.40. The van der Waals surface area contributed by atoms with Gasteiger partial charge in [-0.1, -0.05) is 17.7 Å². The molecule has 0 aromatic heterocycles. The highest BCUT2D eigenvalue weighted by molar-refractivity contribution is 5.37. The maximum atomic E-state index is 10.00. The van der Waals surface area contributed by atoms with Gasteiger partial charge in [0.2, 0.25) is 0 Å². The van der Waals surface area contributed by atoms with Crippen molar-refractivity contribution >= 4 is 0 Å². The number of phenols is 1. The summed E-state index contributed by atoms with van der Waals surface area (Å²) in [6, 6.07) is 6.38. The third-order valence-electron chi connectivity index (χ3n) is 4.34. The van der Waals surface area contributed by atoms with Gasteiger partial charge in [-0.2, -0.15) is 0 Å². The molecule has 1 saturated carbocycles. The molecule has 1 saturated heterocycles. The fraction of sp³-hybridized carbons (Fsp3) is 0.625. The zero-order valence-electron chi connectivity index (χ0n) is 11.7. The Kier molecular flexibility index (Phi) is 3.50. The fourth-order valence-electron chi connectivity index (χ4n) is 3.11. The zero-order valence-corrected chi connectivity index (χ0v) is 11.7. The maximum Gasteiger partial charge on any atom is 0.120 e. The van der Waals surface area contributed by atoms with Crippen LogP contribution in [0.5, 0.6) is 5.75 Å². The molecule has 1 heterocycles. The van der Waals surface area contributed by atoms with E-state index in [-0.39, 0.29) is 6.04 Å². The Hall–Kier alpha value is -1.06. The van der Waals surface area contributed by atoms with Gasteiger partial charge in [0.15, 0.2) is 0 Å². The summed E-state index contributed by atoms with van der Waals surface area (Å²) in [5, 5.41) is 13.6. The summed E-state index contributed by atoms with van der Waals surface area (Å²) in [4.78, 5) is 0. The molecule has 19 heavy (non-hydrogen) atoms. The molecule has 2 aliphatic rings. The van der Waals surface area contributed by atoms with Crippen LogP contribution in [-0.2, 0) is 4.74 Å². The summed E-state index contributed by atoms with van der Waals surface area (Å²) in [5.41, 5.74) is 2.17. The lowest BCUT2D eigenvalue weighted by Gasteiger charge is -2.25. The first-order chi connectivity index (χ1) is 9.15. The van der Waals surface area contributed by atoms with Crippen LogP contribution in [0.25, 0.3) is 0 Å². The van der Waals surface area contributed by atoms with E-state index in [0.717, 1.165) is 24.5 Å². The van der Waals surface area contributed by atoms with E-state index in [1.54, 1.807) is 6.07 Å². The molecule has 1 aromatic carbocycles. The topological polar surface area (TPSA) is 41.5 Å². The molecule has 2 fully saturated rings. The molecular weight excluding hydrogens is 238 g/mol. The van der Waals surface area contributed by atoms with Gasteiger partial charge >= 0.3 is 0 Å². The number of phenolic OH excluding ortho intramolecular Hbond substituents is 1. The van der Waals surface area contributed by atoms with Gasteiger partial charge in [-0.15, -0.1) is 0 Å². The van der Waals surface area contributed by atoms with E-state index in [1.165, 1.54) is 18.4 Å². The Labute approximate surface area is 115 Å². The quantitative estimate of drug-likeness (QED) is 0.875. The number of aryl methyl sites for hydroxylation is 1. The van der Waals surface area contributed by atoms with E-state index in [1.807, 2.05) is 6.07 Å². The molecule has 3 unspecified atom stereocenters. The normalized spacial score (nSPS) is 28.5. The Morgan fingerprint density at radius 1 is 1.32 bits per heavy atom. The lowest BCUT2D eigenvalue weighted by Crippen LogP contribution is -2.39. The van der Waals surface area contributed by atoms with Crippen molar-refractivity contribution in [2.24, 2.45) is 5.92 Å². The lowest BCUT2D eigenvalue weighted by molar-refractivity contribution is 0.0792. The maximum absolute atomic E-state index is 10.00. The molecule has 0 amide bonds. The van der Waals surface area contributed by atoms with E-state index in [9.17, 15) is 5.11 Å². The summed E-state index contributed by atoms with van der Waals surface area (Å²) in [6.45, 7) is 5.05. The van der Waals surface area contributed by atoms with Gasteiger partial charge in [0.1, 0.15) is 5.75 Å². The number of benzene rings is 1. The van der Waals surface area contributed by atoms with Crippen LogP contribution < -0.4 is 5.32 Å². The van der Waals surface area contributed by atoms with Crippen LogP contribution in [0.15, 0.2) is 18.2 Å². The van der Waals surface area contributed by atoms with Crippen molar-refractivity contribution < 1.29 is 9.84 Å². The van der Waals surface area contributed by atoms with Crippen LogP contribution in [0.3, 0.4) is 0 Å². The third-order valence-corrected chi connectivity index (χ3v) is 4.34. The minimum absolute atomic E-state index is 0.160. The molecule has 0 bridgehead atoms. The Morgan fingerprint density at radius 2 is 2.11 bits per heavy atom. The highest BCUT2D eigenvalue weighted by Crippen LogP contribution is 2.39. The van der Waals surface area contributed by atoms with E-state index < -0.39 is 0 Å². The van der Waals surface area contributed by atoms with Gasteiger partial charge in [0.05, 0.1) is 6.10 Å². The monoisotopic (exact) mass is 261 g/mol. The molecule has 104 valence electrons. The minimum Gasteiger partial charge on any atom is -0.508 e. The lowest BCUT2D eigenvalue weighted by atomic mass is 10.0. The molecule has 0 radical (unpaired) electrons. The number of nitrogens with one attached hydrogen (secondary N) is 1. The predicted molar refractivity (Wildman–Crippen MR) is 75.3 cm³/mol. The number of aromatic hydroxyl groups is 1. The summed E-state index contributed by atoms with van der Waals surface area (Å²) in [5.74, 6) is 1.14. The van der Waals surface area contributed by atoms with Crippen molar-refractivity contribution in [3.05, 3.63) is 29.3 Å². The van der Waals surface area contributed by atoms with Crippen LogP contribution >= 0.6 is 0 Å². The molecule has 1 aliphatic carbocycles. The molecule has 3 atom stereocenters. The predicted octanol–water partition coefficient (Wildman–Crippen LogP) is 2.92. The zero-order chi connectivity index (χ0) is 13.4. The van der Waals surface area contributed by atoms with Crippen LogP contribution in [0.4, 0.5) is 0 Å². The highest BCUT2D eigenvalue weighted by atomic mass is 16.5. The van der Waals surface area contributed by atoms with Crippen LogP contribution in [0.1, 0.15) is 43.4 Å². The van der Waals surface area contributed by atoms with Crippen molar-refractivity contribution in [2.45, 2.75) is 51.3 Å². The average molecular weight is 261 g/mol. The largest absolute Gasteiger partial charge is 0.508 e. The van der Waals surface area contributed by atoms with Crippen LogP contribution in [0.2, 0.25) is 0 Å². The molecule has 3 rings (SSSR count). The van der Waals surface area contributed by atoms with Gasteiger partial charge in [0, 0.05) is 24.3 Å². The van der Waals surface area contributed by atoms with E-state index >= 15 is 0 Å². The van der Waals surface area contributed by atoms with Gasteiger partial charge in [-0.05, 0) is 45.1 Å². The smallest absolute Gasteiger partial charge is 0.120 e. The van der Waals surface area contributed by atoms with E-state index in [0.29, 0.717) is 17.9 Å². The van der Waals surface area contributed by atoms with Crippen molar-refractivity contribution in [3.63, 3.8) is 0 Å². The first-order valence-corrected chi connectivity index (χ1v) is 7.32. The fourth-order valence-corrected chi connectivity index (χ4v) is 3.11. The molecule has 2 N–H and O–H groups in total. The van der Waals surface area contributed by atoms with Gasteiger partial charge < -0.3 is 15.2 Å². The second kappa shape index (κ2) is 5.14. The minimum atomic E-state index is 0.160. The van der Waals surface area contributed by atoms with E-state index in [2.05, 4.69) is 25.2 Å². The summed E-state index contributed by atoms with van der Waals surface area (Å²) < 4.78 is 5.86. The molecule has 0 spiro atoms. The molecule has 1 aromatic rings. The Balaban J connectivity index is 1.70. The molecule has 3 heteroatoms. The van der Waals surface area contributed by atoms with Gasteiger partial charge in [-0.3, -0.25) is 0 Å². The van der Waals surface area contributed by atoms with Crippen molar-refractivity contribution in [1.29, 1.82) is 0 Å². The second-order valence-electron chi connectivity index (χ2n) is 6.02. The summed E-state index contributed by atoms with van der Waals surface area (Å²) >= 11 is 0. The average Bonchev–Trinajstić information content (AvgIpc) is 3.13. The van der Waals surface area contributed by atoms with Gasteiger partial charge in [-0.25, -0.2) is 0 Å². The second-order valence-corrected chi connectivity index (χ2v) is 6.02. The van der Waals surface area contributed by atoms with Crippen molar-refractivity contribution in [1.82, 2.24) is 5.32 Å². The molecule has 3 nitrogen and oxygen atoms in total. The summed E-state index contributed by atoms with van der Waals surface area (Å²) in [6.07, 6.45) is 4.09. The van der Waals surface area contributed by atoms with Crippen LogP contribution in [0, 0.1) is 12.8 Å². The Bertz CT molecular complexity index is 456. The summed E-state index contributed by atoms with van der Waals surface area (Å²) in [7, 11) is 0. The number of rotatable bonds is 4. The van der Waals surface area contributed by atoms with Crippen molar-refractivity contribution in [2.75, 3.05) is 6.61 Å². The third kappa shape index (κ3) is 2.77. The number of ether oxygens (including phenoxy) is 1. The molecular formula is C16H23NO2. The molecule has 1 aliphatic heterocycles. The Morgan fingerprint density at radius 3 is 2.84 bits per heavy atom. The van der Waals surface area contributed by atoms with Crippen LogP contribution in [-0.4, -0.2) is 23.9 Å². The first-order valence-electron chi connectivity index (χ1n) is 7.32. The van der Waals surface area contributed by atoms with Crippen molar-refractivity contribution in [3.8, 4) is 5.75 Å². The van der Waals surface area contributed by atoms with E-state index in [4.69, 9.17) is 4.74 Å². The number of hydrogen-bond donors (Lipinski definition) is 2. The van der Waals surface area contributed by atoms with Gasteiger partial charge in [0.25, 0.3) is 0 Å². The standard InChI is InChI=1S/C16H23NO2/c1-10-3-6-15(18)13(9-10)11(2)17-14-7-8-19-16(14)12-4-5-12/h3,6,9,11-12,14,16-18H,4-5,7-8H2,1-2H3. The first kappa shape index (κ1) is 12.9.